The molecule has 4 heteroatoms. The van der Waals surface area contributed by atoms with Gasteiger partial charge in [0.1, 0.15) is 17.7 Å². The number of benzene rings is 1. The van der Waals surface area contributed by atoms with E-state index in [1.54, 1.807) is 6.20 Å². The van der Waals surface area contributed by atoms with Gasteiger partial charge in [0.2, 0.25) is 0 Å². The lowest BCUT2D eigenvalue weighted by Crippen LogP contribution is -2.09. The molecule has 0 amide bonds. The van der Waals surface area contributed by atoms with E-state index in [1.165, 1.54) is 18.2 Å². The highest BCUT2D eigenvalue weighted by Crippen LogP contribution is 2.23. The molecular weight excluding hydrogens is 248 g/mol. The quantitative estimate of drug-likeness (QED) is 0.922. The number of pyridine rings is 1. The minimum atomic E-state index is -1.02. The zero-order chi connectivity index (χ0) is 14.0. The third-order valence-corrected chi connectivity index (χ3v) is 3.03. The van der Waals surface area contributed by atoms with E-state index >= 15 is 0 Å². The van der Waals surface area contributed by atoms with Crippen LogP contribution in [0.5, 0.6) is 0 Å². The van der Waals surface area contributed by atoms with Crippen molar-refractivity contribution >= 4 is 0 Å². The molecule has 0 aliphatic rings. The fourth-order valence-electron chi connectivity index (χ4n) is 2.09. The predicted octanol–water partition coefficient (Wildman–Crippen LogP) is 3.25. The molecule has 0 bridgehead atoms. The summed E-state index contributed by atoms with van der Waals surface area (Å²) in [6.45, 7) is 3.71. The van der Waals surface area contributed by atoms with Crippen molar-refractivity contribution in [2.45, 2.75) is 26.4 Å². The topological polar surface area (TPSA) is 33.1 Å². The van der Waals surface area contributed by atoms with E-state index in [1.807, 2.05) is 19.9 Å². The Labute approximate surface area is 110 Å². The molecule has 1 heterocycles. The average molecular weight is 263 g/mol. The maximum absolute atomic E-state index is 13.5. The van der Waals surface area contributed by atoms with Crippen molar-refractivity contribution in [1.29, 1.82) is 0 Å². The van der Waals surface area contributed by atoms with E-state index < -0.39 is 17.7 Å². The molecule has 1 unspecified atom stereocenters. The molecular formula is C15H15F2NO. The highest BCUT2D eigenvalue weighted by Gasteiger charge is 2.17. The fraction of sp³-hybridized carbons (Fsp3) is 0.267. The number of rotatable bonds is 3. The van der Waals surface area contributed by atoms with Crippen molar-refractivity contribution in [3.63, 3.8) is 0 Å². The Balaban J connectivity index is 2.28. The summed E-state index contributed by atoms with van der Waals surface area (Å²) in [4.78, 5) is 4.14. The summed E-state index contributed by atoms with van der Waals surface area (Å²) in [6, 6.07) is 5.54. The predicted molar refractivity (Wildman–Crippen MR) is 68.7 cm³/mol. The van der Waals surface area contributed by atoms with E-state index in [4.69, 9.17) is 0 Å². The fourth-order valence-corrected chi connectivity index (χ4v) is 2.09. The van der Waals surface area contributed by atoms with Crippen molar-refractivity contribution in [1.82, 2.24) is 4.98 Å². The van der Waals surface area contributed by atoms with Gasteiger partial charge in [-0.3, -0.25) is 4.98 Å². The van der Waals surface area contributed by atoms with Crippen LogP contribution in [0.2, 0.25) is 0 Å². The first kappa shape index (κ1) is 13.6. The first-order valence-corrected chi connectivity index (χ1v) is 6.03. The Kier molecular flexibility index (Phi) is 3.90. The van der Waals surface area contributed by atoms with Gasteiger partial charge in [-0.25, -0.2) is 8.78 Å². The van der Waals surface area contributed by atoms with Crippen LogP contribution in [0.1, 0.15) is 28.5 Å². The lowest BCUT2D eigenvalue weighted by atomic mass is 10.0. The van der Waals surface area contributed by atoms with Gasteiger partial charge < -0.3 is 5.11 Å². The van der Waals surface area contributed by atoms with Gasteiger partial charge in [0.25, 0.3) is 0 Å². The number of hydrogen-bond donors (Lipinski definition) is 1. The van der Waals surface area contributed by atoms with Gasteiger partial charge in [-0.2, -0.15) is 0 Å². The second-order valence-electron chi connectivity index (χ2n) is 4.63. The summed E-state index contributed by atoms with van der Waals surface area (Å²) in [7, 11) is 0. The summed E-state index contributed by atoms with van der Waals surface area (Å²) in [6.07, 6.45) is 0.477. The van der Waals surface area contributed by atoms with Crippen LogP contribution in [0.15, 0.2) is 30.5 Å². The van der Waals surface area contributed by atoms with Crippen LogP contribution < -0.4 is 0 Å². The molecule has 0 saturated carbocycles. The normalized spacial score (nSPS) is 12.5. The second-order valence-corrected chi connectivity index (χ2v) is 4.63. The Morgan fingerprint density at radius 3 is 2.42 bits per heavy atom. The monoisotopic (exact) mass is 263 g/mol. The molecule has 100 valence electrons. The highest BCUT2D eigenvalue weighted by atomic mass is 19.1. The molecule has 0 aliphatic carbocycles. The van der Waals surface area contributed by atoms with Crippen molar-refractivity contribution in [3.05, 3.63) is 64.5 Å². The number of aliphatic hydroxyl groups is 1. The largest absolute Gasteiger partial charge is 0.386 e. The number of hydrogen-bond acceptors (Lipinski definition) is 2. The van der Waals surface area contributed by atoms with Gasteiger partial charge in [-0.1, -0.05) is 12.1 Å². The third-order valence-electron chi connectivity index (χ3n) is 3.03. The first-order valence-electron chi connectivity index (χ1n) is 6.03. The smallest absolute Gasteiger partial charge is 0.129 e. The third kappa shape index (κ3) is 2.96. The van der Waals surface area contributed by atoms with Crippen molar-refractivity contribution in [2.75, 3.05) is 0 Å². The van der Waals surface area contributed by atoms with Crippen LogP contribution in [0.4, 0.5) is 8.78 Å². The lowest BCUT2D eigenvalue weighted by molar-refractivity contribution is 0.170. The van der Waals surface area contributed by atoms with Gasteiger partial charge >= 0.3 is 0 Å². The van der Waals surface area contributed by atoms with E-state index in [0.717, 1.165) is 11.1 Å². The number of halogens is 2. The molecule has 0 fully saturated rings. The Morgan fingerprint density at radius 2 is 1.84 bits per heavy atom. The molecule has 1 aromatic heterocycles. The number of aromatic nitrogens is 1. The van der Waals surface area contributed by atoms with Gasteiger partial charge in [0, 0.05) is 18.2 Å². The molecule has 0 saturated heterocycles. The van der Waals surface area contributed by atoms with Crippen LogP contribution in [0.3, 0.4) is 0 Å². The van der Waals surface area contributed by atoms with Crippen LogP contribution in [0, 0.1) is 25.5 Å². The maximum atomic E-state index is 13.5. The summed E-state index contributed by atoms with van der Waals surface area (Å²) in [5, 5.41) is 10.1. The first-order chi connectivity index (χ1) is 8.99. The van der Waals surface area contributed by atoms with E-state index in [2.05, 4.69) is 4.98 Å². The van der Waals surface area contributed by atoms with Gasteiger partial charge in [0.05, 0.1) is 5.69 Å². The lowest BCUT2D eigenvalue weighted by Gasteiger charge is -2.14. The SMILES string of the molecule is Cc1cnc(C(O)Cc2c(F)cccc2F)c(C)c1. The molecule has 0 spiro atoms. The molecule has 0 aliphatic heterocycles. The minimum absolute atomic E-state index is 0.114. The molecule has 1 N–H and O–H groups in total. The average Bonchev–Trinajstić information content (AvgIpc) is 2.33. The van der Waals surface area contributed by atoms with Crippen molar-refractivity contribution in [3.8, 4) is 0 Å². The minimum Gasteiger partial charge on any atom is -0.386 e. The molecule has 0 radical (unpaired) electrons. The van der Waals surface area contributed by atoms with Crippen molar-refractivity contribution < 1.29 is 13.9 Å². The van der Waals surface area contributed by atoms with Crippen LogP contribution in [-0.4, -0.2) is 10.1 Å². The number of aryl methyl sites for hydroxylation is 2. The Hall–Kier alpha value is -1.81. The van der Waals surface area contributed by atoms with Crippen LogP contribution in [0.25, 0.3) is 0 Å². The van der Waals surface area contributed by atoms with E-state index in [9.17, 15) is 13.9 Å². The van der Waals surface area contributed by atoms with Crippen molar-refractivity contribution in [2.24, 2.45) is 0 Å². The summed E-state index contributed by atoms with van der Waals surface area (Å²) >= 11 is 0. The summed E-state index contributed by atoms with van der Waals surface area (Å²) < 4.78 is 27.0. The van der Waals surface area contributed by atoms with Gasteiger partial charge in [-0.15, -0.1) is 0 Å². The molecule has 1 atom stereocenters. The Morgan fingerprint density at radius 1 is 1.21 bits per heavy atom. The highest BCUT2D eigenvalue weighted by molar-refractivity contribution is 5.27. The van der Waals surface area contributed by atoms with Gasteiger partial charge in [-0.05, 0) is 37.1 Å². The van der Waals surface area contributed by atoms with E-state index in [-0.39, 0.29) is 12.0 Å². The summed E-state index contributed by atoms with van der Waals surface area (Å²) in [5.41, 5.74) is 2.12. The molecule has 19 heavy (non-hydrogen) atoms. The Bertz CT molecular complexity index is 578. The standard InChI is InChI=1S/C15H15F2NO/c1-9-6-10(2)15(18-8-9)14(19)7-11-12(16)4-3-5-13(11)17/h3-6,8,14,19H,7H2,1-2H3. The molecule has 2 aromatic rings. The summed E-state index contributed by atoms with van der Waals surface area (Å²) in [5.74, 6) is -1.30. The maximum Gasteiger partial charge on any atom is 0.129 e. The number of nitrogens with zero attached hydrogens (tertiary/aromatic N) is 1. The molecule has 2 rings (SSSR count). The molecule has 1 aromatic carbocycles. The number of aliphatic hydroxyl groups excluding tert-OH is 1. The van der Waals surface area contributed by atoms with E-state index in [0.29, 0.717) is 5.69 Å². The van der Waals surface area contributed by atoms with Crippen LogP contribution in [-0.2, 0) is 6.42 Å². The zero-order valence-corrected chi connectivity index (χ0v) is 10.8. The second kappa shape index (κ2) is 5.45. The molecule has 2 nitrogen and oxygen atoms in total. The van der Waals surface area contributed by atoms with Crippen LogP contribution >= 0.6 is 0 Å². The zero-order valence-electron chi connectivity index (χ0n) is 10.8. The van der Waals surface area contributed by atoms with Gasteiger partial charge in [0.15, 0.2) is 0 Å².